The van der Waals surface area contributed by atoms with Crippen molar-refractivity contribution >= 4 is 5.97 Å². The third-order valence-corrected chi connectivity index (χ3v) is 3.84. The van der Waals surface area contributed by atoms with Crippen molar-refractivity contribution in [3.8, 4) is 0 Å². The molecule has 0 spiro atoms. The van der Waals surface area contributed by atoms with E-state index in [4.69, 9.17) is 0 Å². The molecule has 0 amide bonds. The van der Waals surface area contributed by atoms with Crippen LogP contribution in [-0.4, -0.2) is 73.4 Å². The van der Waals surface area contributed by atoms with Crippen molar-refractivity contribution in [3.63, 3.8) is 0 Å². The Morgan fingerprint density at radius 1 is 0.632 bits per heavy atom. The van der Waals surface area contributed by atoms with Gasteiger partial charge in [0.05, 0.1) is 13.0 Å². The minimum atomic E-state index is -8.12. The SMILES string of the molecule is O=C(C=CCOOC(C(F)(F)F)C(F)(F)F)OCCC(F)(F)C(F)(F)C(F)(F)C(F)(F)C(F)(F)C(F)(F)F. The Bertz CT molecular complexity index is 809. The van der Waals surface area contributed by atoms with Crippen LogP contribution < -0.4 is 0 Å². The van der Waals surface area contributed by atoms with Gasteiger partial charge in [-0.25, -0.2) is 14.6 Å². The predicted molar refractivity (Wildman–Crippen MR) is 78.4 cm³/mol. The summed E-state index contributed by atoms with van der Waals surface area (Å²) in [5, 5.41) is 0. The quantitative estimate of drug-likeness (QED) is 0.0617. The standard InChI is InChI=1S/C15H9F19O4/c16-8(17,11(24,25)12(26,27)13(28,29)14(30,31)15(32,33)34)3-5-36-6(35)2-1-4-37-38-7(9(18,19)20)10(21,22)23/h1-2,7H,3-5H2. The van der Waals surface area contributed by atoms with E-state index in [1.165, 1.54) is 0 Å². The molecule has 38 heavy (non-hydrogen) atoms. The summed E-state index contributed by atoms with van der Waals surface area (Å²) in [5.74, 6) is -40.2. The molecule has 0 aliphatic carbocycles. The Labute approximate surface area is 196 Å². The fourth-order valence-corrected chi connectivity index (χ4v) is 1.87. The molecule has 0 bridgehead atoms. The highest BCUT2D eigenvalue weighted by atomic mass is 19.4. The molecule has 0 saturated carbocycles. The van der Waals surface area contributed by atoms with E-state index in [0.717, 1.165) is 0 Å². The molecule has 23 heteroatoms. The van der Waals surface area contributed by atoms with E-state index in [0.29, 0.717) is 0 Å². The first-order chi connectivity index (χ1) is 16.5. The summed E-state index contributed by atoms with van der Waals surface area (Å²) < 4.78 is 244. The molecular weight excluding hydrogens is 605 g/mol. The summed E-state index contributed by atoms with van der Waals surface area (Å²) in [6.45, 7) is -3.55. The molecule has 0 saturated heterocycles. The van der Waals surface area contributed by atoms with Crippen molar-refractivity contribution in [1.29, 1.82) is 0 Å². The monoisotopic (exact) mass is 614 g/mol. The lowest BCUT2D eigenvalue weighted by atomic mass is 9.93. The van der Waals surface area contributed by atoms with Crippen LogP contribution in [0.25, 0.3) is 0 Å². The lowest BCUT2D eigenvalue weighted by Gasteiger charge is -2.39. The second kappa shape index (κ2) is 11.1. The van der Waals surface area contributed by atoms with Crippen LogP contribution in [0.15, 0.2) is 12.2 Å². The van der Waals surface area contributed by atoms with Gasteiger partial charge in [0.2, 0.25) is 0 Å². The molecule has 0 aliphatic heterocycles. The van der Waals surface area contributed by atoms with Crippen LogP contribution in [0.4, 0.5) is 83.4 Å². The van der Waals surface area contributed by atoms with Gasteiger partial charge >= 0.3 is 54.1 Å². The van der Waals surface area contributed by atoms with Crippen molar-refractivity contribution in [1.82, 2.24) is 0 Å². The van der Waals surface area contributed by atoms with Gasteiger partial charge in [-0.15, -0.1) is 0 Å². The van der Waals surface area contributed by atoms with Crippen molar-refractivity contribution < 1.29 is 103 Å². The van der Waals surface area contributed by atoms with Crippen molar-refractivity contribution in [2.24, 2.45) is 0 Å². The number of rotatable bonds is 12. The van der Waals surface area contributed by atoms with Crippen LogP contribution in [0.3, 0.4) is 0 Å². The van der Waals surface area contributed by atoms with E-state index in [2.05, 4.69) is 14.5 Å². The normalized spacial score (nSPS) is 15.5. The van der Waals surface area contributed by atoms with Crippen LogP contribution in [-0.2, 0) is 19.3 Å². The Balaban J connectivity index is 5.19. The summed E-state index contributed by atoms with van der Waals surface area (Å²) >= 11 is 0. The molecule has 0 aromatic heterocycles. The molecule has 0 radical (unpaired) electrons. The molecule has 226 valence electrons. The van der Waals surface area contributed by atoms with Crippen LogP contribution in [0.1, 0.15) is 6.42 Å². The summed E-state index contributed by atoms with van der Waals surface area (Å²) in [7, 11) is 0. The minimum absolute atomic E-state index is 0.0531. The number of esters is 1. The van der Waals surface area contributed by atoms with E-state index in [-0.39, 0.29) is 12.2 Å². The third-order valence-electron chi connectivity index (χ3n) is 3.84. The molecule has 0 aliphatic rings. The number of carbonyl (C=O) groups excluding carboxylic acids is 1. The maximum Gasteiger partial charge on any atom is 0.460 e. The Morgan fingerprint density at radius 3 is 1.45 bits per heavy atom. The topological polar surface area (TPSA) is 44.8 Å². The van der Waals surface area contributed by atoms with Gasteiger partial charge in [-0.2, -0.15) is 83.4 Å². The maximum absolute atomic E-state index is 13.5. The second-order valence-electron chi connectivity index (χ2n) is 6.66. The first-order valence-corrected chi connectivity index (χ1v) is 8.69. The van der Waals surface area contributed by atoms with Gasteiger partial charge in [-0.1, -0.05) is 0 Å². The average molecular weight is 614 g/mol. The van der Waals surface area contributed by atoms with E-state index >= 15 is 0 Å². The Kier molecular flexibility index (Phi) is 10.5. The third kappa shape index (κ3) is 7.46. The van der Waals surface area contributed by atoms with Crippen LogP contribution in [0.5, 0.6) is 0 Å². The molecule has 0 heterocycles. The number of hydrogen-bond donors (Lipinski definition) is 0. The Morgan fingerprint density at radius 2 is 1.05 bits per heavy atom. The fraction of sp³-hybridized carbons (Fsp3) is 0.800. The van der Waals surface area contributed by atoms with E-state index in [1.54, 1.807) is 0 Å². The van der Waals surface area contributed by atoms with Crippen molar-refractivity contribution in [3.05, 3.63) is 12.2 Å². The zero-order chi connectivity index (χ0) is 30.8. The maximum atomic E-state index is 13.5. The van der Waals surface area contributed by atoms with Gasteiger partial charge in [0.25, 0.3) is 6.10 Å². The predicted octanol–water partition coefficient (Wildman–Crippen LogP) is 6.66. The average Bonchev–Trinajstić information content (AvgIpc) is 2.66. The van der Waals surface area contributed by atoms with Gasteiger partial charge in [-0.05, 0) is 6.08 Å². The van der Waals surface area contributed by atoms with Gasteiger partial charge in [0.1, 0.15) is 6.61 Å². The first kappa shape index (κ1) is 35.8. The number of hydrogen-bond acceptors (Lipinski definition) is 4. The molecule has 0 N–H and O–H groups in total. The van der Waals surface area contributed by atoms with E-state index in [1.807, 2.05) is 0 Å². The molecule has 0 aromatic carbocycles. The molecule has 4 nitrogen and oxygen atoms in total. The van der Waals surface area contributed by atoms with E-state index in [9.17, 15) is 88.2 Å². The molecule has 0 unspecified atom stereocenters. The van der Waals surface area contributed by atoms with Gasteiger partial charge in [-0.3, -0.25) is 0 Å². The van der Waals surface area contributed by atoms with Gasteiger partial charge in [0, 0.05) is 6.08 Å². The number of ether oxygens (including phenoxy) is 1. The zero-order valence-electron chi connectivity index (χ0n) is 17.2. The minimum Gasteiger partial charge on any atom is -0.462 e. The fourth-order valence-electron chi connectivity index (χ4n) is 1.87. The highest BCUT2D eigenvalue weighted by molar-refractivity contribution is 5.81. The number of halogens is 19. The summed E-state index contributed by atoms with van der Waals surface area (Å²) in [6, 6.07) is 0. The molecule has 0 rings (SSSR count). The summed E-state index contributed by atoms with van der Waals surface area (Å²) in [5.41, 5.74) is 0. The highest BCUT2D eigenvalue weighted by Gasteiger charge is 2.90. The number of alkyl halides is 19. The molecule has 0 atom stereocenters. The number of carbonyl (C=O) groups is 1. The lowest BCUT2D eigenvalue weighted by molar-refractivity contribution is -0.440. The Hall–Kier alpha value is -2.20. The van der Waals surface area contributed by atoms with Gasteiger partial charge < -0.3 is 4.74 Å². The molecule has 0 aromatic rings. The molecule has 0 fully saturated rings. The summed E-state index contributed by atoms with van der Waals surface area (Å²) in [6.07, 6.45) is -26.9. The van der Waals surface area contributed by atoms with Gasteiger partial charge in [0.15, 0.2) is 0 Å². The zero-order valence-corrected chi connectivity index (χ0v) is 17.2. The second-order valence-corrected chi connectivity index (χ2v) is 6.66. The van der Waals surface area contributed by atoms with E-state index < -0.39 is 79.8 Å². The molecular formula is C15H9F19O4. The largest absolute Gasteiger partial charge is 0.462 e. The van der Waals surface area contributed by atoms with Crippen LogP contribution in [0, 0.1) is 0 Å². The van der Waals surface area contributed by atoms with Crippen LogP contribution >= 0.6 is 0 Å². The first-order valence-electron chi connectivity index (χ1n) is 8.69. The van der Waals surface area contributed by atoms with Crippen molar-refractivity contribution in [2.75, 3.05) is 13.2 Å². The summed E-state index contributed by atoms with van der Waals surface area (Å²) in [4.78, 5) is 17.6. The van der Waals surface area contributed by atoms with Crippen molar-refractivity contribution in [2.45, 2.75) is 60.7 Å². The lowest BCUT2D eigenvalue weighted by Crippen LogP contribution is -2.70. The smallest absolute Gasteiger partial charge is 0.460 e. The highest BCUT2D eigenvalue weighted by Crippen LogP contribution is 2.60. The van der Waals surface area contributed by atoms with Crippen LogP contribution in [0.2, 0.25) is 0 Å².